The number of aromatic nitrogens is 4. The predicted octanol–water partition coefficient (Wildman–Crippen LogP) is 2.41. The van der Waals surface area contributed by atoms with Crippen LogP contribution >= 0.6 is 0 Å². The number of anilines is 1. The number of hydrogen-bond acceptors (Lipinski definition) is 4. The molecule has 0 fully saturated rings. The molecule has 0 spiro atoms. The molecule has 0 radical (unpaired) electrons. The van der Waals surface area contributed by atoms with Crippen molar-refractivity contribution in [1.82, 2.24) is 20.6 Å². The maximum atomic E-state index is 6.07. The molecule has 5 nitrogen and oxygen atoms in total. The number of nitrogens with zero attached hydrogens (tertiary/aromatic N) is 3. The zero-order valence-corrected chi connectivity index (χ0v) is 10.1. The first-order valence-electron chi connectivity index (χ1n) is 6.17. The molecule has 1 heterocycles. The second kappa shape index (κ2) is 4.60. The van der Waals surface area contributed by atoms with Gasteiger partial charge in [0.1, 0.15) is 0 Å². The number of H-pyrrole nitrogens is 1. The van der Waals surface area contributed by atoms with Crippen LogP contribution in [-0.2, 0) is 0 Å². The molecule has 0 saturated heterocycles. The number of nitrogen functional groups attached to an aromatic ring is 1. The van der Waals surface area contributed by atoms with Crippen LogP contribution in [0.4, 0.5) is 5.69 Å². The smallest absolute Gasteiger partial charge is 0.204 e. The zero-order valence-electron chi connectivity index (χ0n) is 10.1. The van der Waals surface area contributed by atoms with E-state index in [0.717, 1.165) is 29.7 Å². The van der Waals surface area contributed by atoms with Gasteiger partial charge in [-0.2, -0.15) is 5.21 Å². The number of nitrogens with one attached hydrogen (secondary N) is 1. The Hall–Kier alpha value is -2.17. The first-order valence-corrected chi connectivity index (χ1v) is 6.17. The first-order chi connectivity index (χ1) is 8.84. The van der Waals surface area contributed by atoms with E-state index in [1.54, 1.807) is 0 Å². The molecule has 18 heavy (non-hydrogen) atoms. The van der Waals surface area contributed by atoms with Crippen molar-refractivity contribution in [3.05, 3.63) is 29.8 Å². The molecule has 5 heteroatoms. The van der Waals surface area contributed by atoms with Crippen molar-refractivity contribution in [1.29, 1.82) is 0 Å². The Morgan fingerprint density at radius 2 is 2.17 bits per heavy atom. The molecule has 1 aromatic heterocycles. The van der Waals surface area contributed by atoms with Crippen LogP contribution in [0.2, 0.25) is 0 Å². The Morgan fingerprint density at radius 3 is 2.89 bits per heavy atom. The van der Waals surface area contributed by atoms with Crippen molar-refractivity contribution in [3.63, 3.8) is 0 Å². The van der Waals surface area contributed by atoms with E-state index >= 15 is 0 Å². The van der Waals surface area contributed by atoms with E-state index in [-0.39, 0.29) is 0 Å². The topological polar surface area (TPSA) is 80.5 Å². The highest BCUT2D eigenvalue weighted by atomic mass is 15.5. The lowest BCUT2D eigenvalue weighted by molar-refractivity contribution is 0.742. The molecule has 0 bridgehead atoms. The van der Waals surface area contributed by atoms with Crippen LogP contribution in [0.3, 0.4) is 0 Å². The maximum absolute atomic E-state index is 6.07. The fourth-order valence-corrected chi connectivity index (χ4v) is 2.34. The molecule has 0 aliphatic heterocycles. The van der Waals surface area contributed by atoms with Gasteiger partial charge in [0.25, 0.3) is 0 Å². The van der Waals surface area contributed by atoms with Gasteiger partial charge in [-0.3, -0.25) is 0 Å². The summed E-state index contributed by atoms with van der Waals surface area (Å²) >= 11 is 0. The standard InChI is InChI=1S/C13H15N5/c14-12-7-6-10(13-15-17-18-16-13)8-11(12)9-4-2-1-3-5-9/h4,6-8H,1-3,5,14H2,(H,15,16,17,18). The van der Waals surface area contributed by atoms with Gasteiger partial charge in [0.2, 0.25) is 5.82 Å². The summed E-state index contributed by atoms with van der Waals surface area (Å²) in [5, 5.41) is 14.0. The predicted molar refractivity (Wildman–Crippen MR) is 70.5 cm³/mol. The van der Waals surface area contributed by atoms with Gasteiger partial charge in [-0.05, 0) is 54.7 Å². The maximum Gasteiger partial charge on any atom is 0.204 e. The minimum atomic E-state index is 0.604. The summed E-state index contributed by atoms with van der Waals surface area (Å²) in [6.07, 6.45) is 7.03. The Kier molecular flexibility index (Phi) is 2.80. The van der Waals surface area contributed by atoms with Gasteiger partial charge < -0.3 is 5.73 Å². The third-order valence-electron chi connectivity index (χ3n) is 3.29. The van der Waals surface area contributed by atoms with Crippen LogP contribution in [0, 0.1) is 0 Å². The summed E-state index contributed by atoms with van der Waals surface area (Å²) in [6.45, 7) is 0. The number of aromatic amines is 1. The molecule has 1 aliphatic carbocycles. The van der Waals surface area contributed by atoms with E-state index in [9.17, 15) is 0 Å². The highest BCUT2D eigenvalue weighted by Crippen LogP contribution is 2.32. The van der Waals surface area contributed by atoms with Crippen LogP contribution in [0.5, 0.6) is 0 Å². The molecule has 0 atom stereocenters. The van der Waals surface area contributed by atoms with Crippen LogP contribution in [0.1, 0.15) is 31.2 Å². The average molecular weight is 241 g/mol. The van der Waals surface area contributed by atoms with Crippen LogP contribution in [0.15, 0.2) is 24.3 Å². The number of allylic oxidation sites excluding steroid dienone is 2. The fraction of sp³-hybridized carbons (Fsp3) is 0.308. The van der Waals surface area contributed by atoms with Gasteiger partial charge in [0.05, 0.1) is 0 Å². The number of tetrazole rings is 1. The van der Waals surface area contributed by atoms with Crippen LogP contribution < -0.4 is 5.73 Å². The molecule has 0 saturated carbocycles. The largest absolute Gasteiger partial charge is 0.398 e. The number of hydrogen-bond donors (Lipinski definition) is 2. The summed E-state index contributed by atoms with van der Waals surface area (Å²) in [7, 11) is 0. The number of nitrogens with two attached hydrogens (primary N) is 1. The van der Waals surface area contributed by atoms with Crippen molar-refractivity contribution >= 4 is 11.3 Å². The summed E-state index contributed by atoms with van der Waals surface area (Å²) < 4.78 is 0. The van der Waals surface area contributed by atoms with E-state index in [0.29, 0.717) is 5.82 Å². The first kappa shape index (κ1) is 11.0. The lowest BCUT2D eigenvalue weighted by atomic mass is 9.91. The van der Waals surface area contributed by atoms with Crippen molar-refractivity contribution in [2.45, 2.75) is 25.7 Å². The molecule has 92 valence electrons. The van der Waals surface area contributed by atoms with Gasteiger partial charge in [0.15, 0.2) is 0 Å². The van der Waals surface area contributed by atoms with E-state index in [2.05, 4.69) is 32.8 Å². The Balaban J connectivity index is 2.03. The van der Waals surface area contributed by atoms with Crippen molar-refractivity contribution in [2.24, 2.45) is 0 Å². The molecule has 0 amide bonds. The molecule has 1 aromatic carbocycles. The van der Waals surface area contributed by atoms with E-state index in [1.165, 1.54) is 18.4 Å². The summed E-state index contributed by atoms with van der Waals surface area (Å²) in [5.41, 5.74) is 10.3. The third kappa shape index (κ3) is 1.99. The molecular formula is C13H15N5. The van der Waals surface area contributed by atoms with Gasteiger partial charge in [-0.1, -0.05) is 6.08 Å². The molecule has 0 unspecified atom stereocenters. The number of benzene rings is 1. The minimum absolute atomic E-state index is 0.604. The zero-order chi connectivity index (χ0) is 12.4. The SMILES string of the molecule is Nc1ccc(-c2nn[nH]n2)cc1C1=CCCCC1. The van der Waals surface area contributed by atoms with Gasteiger partial charge in [0, 0.05) is 16.8 Å². The highest BCUT2D eigenvalue weighted by molar-refractivity contribution is 5.79. The van der Waals surface area contributed by atoms with Gasteiger partial charge in [-0.15, -0.1) is 10.2 Å². The van der Waals surface area contributed by atoms with Crippen molar-refractivity contribution in [3.8, 4) is 11.4 Å². The normalized spacial score (nSPS) is 15.4. The summed E-state index contributed by atoms with van der Waals surface area (Å²) in [6, 6.07) is 5.89. The fourth-order valence-electron chi connectivity index (χ4n) is 2.34. The van der Waals surface area contributed by atoms with Crippen molar-refractivity contribution < 1.29 is 0 Å². The molecule has 3 rings (SSSR count). The molecule has 2 aromatic rings. The second-order valence-electron chi connectivity index (χ2n) is 4.51. The molecule has 3 N–H and O–H groups in total. The minimum Gasteiger partial charge on any atom is -0.398 e. The van der Waals surface area contributed by atoms with E-state index < -0.39 is 0 Å². The second-order valence-corrected chi connectivity index (χ2v) is 4.51. The molecular weight excluding hydrogens is 226 g/mol. The lowest BCUT2D eigenvalue weighted by Gasteiger charge is -2.15. The van der Waals surface area contributed by atoms with Gasteiger partial charge in [-0.25, -0.2) is 0 Å². The summed E-state index contributed by atoms with van der Waals surface area (Å²) in [4.78, 5) is 0. The monoisotopic (exact) mass is 241 g/mol. The lowest BCUT2D eigenvalue weighted by Crippen LogP contribution is -1.98. The summed E-state index contributed by atoms with van der Waals surface area (Å²) in [5.74, 6) is 0.604. The molecule has 1 aliphatic rings. The van der Waals surface area contributed by atoms with Crippen molar-refractivity contribution in [2.75, 3.05) is 5.73 Å². The van der Waals surface area contributed by atoms with Gasteiger partial charge >= 0.3 is 0 Å². The third-order valence-corrected chi connectivity index (χ3v) is 3.29. The highest BCUT2D eigenvalue weighted by Gasteiger charge is 2.12. The Labute approximate surface area is 105 Å². The number of rotatable bonds is 2. The van der Waals surface area contributed by atoms with E-state index in [4.69, 9.17) is 5.73 Å². The van der Waals surface area contributed by atoms with E-state index in [1.807, 2.05) is 12.1 Å². The van der Waals surface area contributed by atoms with Crippen LogP contribution in [0.25, 0.3) is 17.0 Å². The Morgan fingerprint density at radius 1 is 1.22 bits per heavy atom. The van der Waals surface area contributed by atoms with Crippen LogP contribution in [-0.4, -0.2) is 20.6 Å². The quantitative estimate of drug-likeness (QED) is 0.791. The average Bonchev–Trinajstić information content (AvgIpc) is 2.94. The Bertz CT molecular complexity index is 571.